The molecule has 1 aromatic carbocycles. The molecule has 0 radical (unpaired) electrons. The maximum atomic E-state index is 15.6. The van der Waals surface area contributed by atoms with Gasteiger partial charge < -0.3 is 9.47 Å². The first-order chi connectivity index (χ1) is 17.8. The van der Waals surface area contributed by atoms with Gasteiger partial charge in [-0.1, -0.05) is 77.8 Å². The number of aryl methyl sites for hydroxylation is 1. The average Bonchev–Trinajstić information content (AvgIpc) is 3.62. The van der Waals surface area contributed by atoms with Crippen LogP contribution in [0.5, 0.6) is 5.75 Å². The number of pyridine rings is 1. The van der Waals surface area contributed by atoms with E-state index in [1.165, 1.54) is 25.7 Å². The minimum absolute atomic E-state index is 0.121. The number of aromatic nitrogens is 1. The van der Waals surface area contributed by atoms with E-state index in [1.54, 1.807) is 30.3 Å². The van der Waals surface area contributed by atoms with Gasteiger partial charge >= 0.3 is 0 Å². The number of nitrogens with zero attached hydrogens (tertiary/aromatic N) is 1. The van der Waals surface area contributed by atoms with Crippen molar-refractivity contribution in [2.24, 2.45) is 5.92 Å². The van der Waals surface area contributed by atoms with E-state index in [4.69, 9.17) is 9.47 Å². The summed E-state index contributed by atoms with van der Waals surface area (Å²) >= 11 is 0. The lowest BCUT2D eigenvalue weighted by Gasteiger charge is -2.34. The zero-order valence-corrected chi connectivity index (χ0v) is 22.6. The lowest BCUT2D eigenvalue weighted by Crippen LogP contribution is -2.32. The molecule has 1 aliphatic carbocycles. The predicted molar refractivity (Wildman–Crippen MR) is 141 cm³/mol. The standard InChI is InChI=1S/C31H42F3NO2/c1-4-6-8-9-11-27-28(37-27)20-36-25-15-12-22(13-16-25)26-17-14-23-19-24(18-21(3)10-7-5-2)35-30(32)29(23)31(26,33)34/h12-13,15-16,19,21,26-28H,4-11,14,17-18,20H2,1-3H3. The molecule has 2 aliphatic rings. The van der Waals surface area contributed by atoms with Gasteiger partial charge in [0, 0.05) is 5.69 Å². The Hall–Kier alpha value is -2.08. The van der Waals surface area contributed by atoms with Gasteiger partial charge in [-0.3, -0.25) is 0 Å². The van der Waals surface area contributed by atoms with E-state index in [1.807, 2.05) is 0 Å². The topological polar surface area (TPSA) is 34.6 Å². The molecule has 6 heteroatoms. The molecule has 0 saturated carbocycles. The summed E-state index contributed by atoms with van der Waals surface area (Å²) in [7, 11) is 0. The number of hydrogen-bond acceptors (Lipinski definition) is 3. The Kier molecular flexibility index (Phi) is 9.55. The van der Waals surface area contributed by atoms with Crippen LogP contribution in [0.2, 0.25) is 0 Å². The molecule has 3 nitrogen and oxygen atoms in total. The summed E-state index contributed by atoms with van der Waals surface area (Å²) in [5.74, 6) is -4.42. The Morgan fingerprint density at radius 1 is 1.05 bits per heavy atom. The van der Waals surface area contributed by atoms with Crippen molar-refractivity contribution < 1.29 is 22.6 Å². The highest BCUT2D eigenvalue weighted by Crippen LogP contribution is 2.50. The van der Waals surface area contributed by atoms with Gasteiger partial charge in [0.05, 0.1) is 17.6 Å². The van der Waals surface area contributed by atoms with E-state index < -0.39 is 23.4 Å². The van der Waals surface area contributed by atoms with E-state index in [0.29, 0.717) is 47.9 Å². The molecule has 1 aromatic heterocycles. The van der Waals surface area contributed by atoms with Crippen molar-refractivity contribution in [3.63, 3.8) is 0 Å². The molecule has 2 heterocycles. The molecule has 1 saturated heterocycles. The Labute approximate surface area is 220 Å². The van der Waals surface area contributed by atoms with Crippen LogP contribution < -0.4 is 4.74 Å². The van der Waals surface area contributed by atoms with Crippen molar-refractivity contribution in [3.05, 3.63) is 58.7 Å². The monoisotopic (exact) mass is 517 g/mol. The van der Waals surface area contributed by atoms with Crippen LogP contribution in [0.25, 0.3) is 0 Å². The van der Waals surface area contributed by atoms with Gasteiger partial charge in [0.2, 0.25) is 5.95 Å². The molecule has 4 unspecified atom stereocenters. The highest BCUT2D eigenvalue weighted by Gasteiger charge is 2.49. The first-order valence-electron chi connectivity index (χ1n) is 14.3. The van der Waals surface area contributed by atoms with Crippen LogP contribution in [0, 0.1) is 11.9 Å². The number of fused-ring (bicyclic) bond motifs is 1. The smallest absolute Gasteiger partial charge is 0.284 e. The fourth-order valence-corrected chi connectivity index (χ4v) is 5.64. The van der Waals surface area contributed by atoms with Crippen LogP contribution in [0.3, 0.4) is 0 Å². The summed E-state index contributed by atoms with van der Waals surface area (Å²) in [6.45, 7) is 6.92. The molecule has 2 aromatic rings. The first kappa shape index (κ1) is 27.9. The Morgan fingerprint density at radius 2 is 1.81 bits per heavy atom. The zero-order valence-electron chi connectivity index (χ0n) is 22.6. The highest BCUT2D eigenvalue weighted by molar-refractivity contribution is 5.40. The van der Waals surface area contributed by atoms with Gasteiger partial charge in [-0.25, -0.2) is 13.8 Å². The van der Waals surface area contributed by atoms with E-state index in [2.05, 4.69) is 25.8 Å². The molecular formula is C31H42F3NO2. The third-order valence-corrected chi connectivity index (χ3v) is 7.92. The Morgan fingerprint density at radius 3 is 2.54 bits per heavy atom. The first-order valence-corrected chi connectivity index (χ1v) is 14.3. The summed E-state index contributed by atoms with van der Waals surface area (Å²) in [5.41, 5.74) is 0.958. The Bertz CT molecular complexity index is 1010. The maximum Gasteiger partial charge on any atom is 0.284 e. The molecular weight excluding hydrogens is 475 g/mol. The van der Waals surface area contributed by atoms with Gasteiger partial charge in [-0.2, -0.15) is 4.39 Å². The van der Waals surface area contributed by atoms with Crippen LogP contribution >= 0.6 is 0 Å². The second-order valence-corrected chi connectivity index (χ2v) is 11.0. The van der Waals surface area contributed by atoms with Gasteiger partial charge in [-0.05, 0) is 60.9 Å². The van der Waals surface area contributed by atoms with Crippen LogP contribution in [-0.4, -0.2) is 23.8 Å². The van der Waals surface area contributed by atoms with Crippen molar-refractivity contribution in [1.82, 2.24) is 4.98 Å². The number of ether oxygens (including phenoxy) is 2. The normalized spacial score (nSPS) is 22.9. The molecule has 0 spiro atoms. The number of epoxide rings is 1. The fraction of sp³-hybridized carbons (Fsp3) is 0.645. The zero-order chi connectivity index (χ0) is 26.4. The quantitative estimate of drug-likeness (QED) is 0.143. The third kappa shape index (κ3) is 7.07. The lowest BCUT2D eigenvalue weighted by atomic mass is 9.77. The molecule has 37 heavy (non-hydrogen) atoms. The number of alkyl halides is 2. The van der Waals surface area contributed by atoms with Gasteiger partial charge in [-0.15, -0.1) is 0 Å². The molecule has 4 atom stereocenters. The number of halogens is 3. The van der Waals surface area contributed by atoms with Crippen LogP contribution in [0.4, 0.5) is 13.2 Å². The molecule has 0 amide bonds. The molecule has 4 rings (SSSR count). The van der Waals surface area contributed by atoms with E-state index >= 15 is 8.78 Å². The van der Waals surface area contributed by atoms with Gasteiger partial charge in [0.25, 0.3) is 5.92 Å². The summed E-state index contributed by atoms with van der Waals surface area (Å²) in [6.07, 6.45) is 10.9. The highest BCUT2D eigenvalue weighted by atomic mass is 19.3. The second-order valence-electron chi connectivity index (χ2n) is 11.0. The van der Waals surface area contributed by atoms with Crippen LogP contribution in [0.15, 0.2) is 30.3 Å². The van der Waals surface area contributed by atoms with Gasteiger partial charge in [0.15, 0.2) is 0 Å². The number of rotatable bonds is 14. The van der Waals surface area contributed by atoms with E-state index in [9.17, 15) is 4.39 Å². The maximum absolute atomic E-state index is 15.6. The minimum Gasteiger partial charge on any atom is -0.491 e. The van der Waals surface area contributed by atoms with Crippen molar-refractivity contribution in [2.75, 3.05) is 6.61 Å². The number of benzene rings is 1. The SMILES string of the molecule is CCCCCCC1OC1COc1ccc(C2CCc3cc(CC(C)CCCC)nc(F)c3C2(F)F)cc1. The van der Waals surface area contributed by atoms with Gasteiger partial charge in [0.1, 0.15) is 18.5 Å². The summed E-state index contributed by atoms with van der Waals surface area (Å²) in [4.78, 5) is 3.97. The fourth-order valence-electron chi connectivity index (χ4n) is 5.64. The van der Waals surface area contributed by atoms with E-state index in [-0.39, 0.29) is 18.6 Å². The molecule has 1 aliphatic heterocycles. The lowest BCUT2D eigenvalue weighted by molar-refractivity contribution is -0.0475. The van der Waals surface area contributed by atoms with Crippen LogP contribution in [0.1, 0.15) is 107 Å². The minimum atomic E-state index is -3.31. The Balaban J connectivity index is 1.35. The summed E-state index contributed by atoms with van der Waals surface area (Å²) < 4.78 is 57.7. The average molecular weight is 518 g/mol. The predicted octanol–water partition coefficient (Wildman–Crippen LogP) is 8.53. The third-order valence-electron chi connectivity index (χ3n) is 7.92. The van der Waals surface area contributed by atoms with Crippen molar-refractivity contribution >= 4 is 0 Å². The molecule has 204 valence electrons. The molecule has 0 bridgehead atoms. The molecule has 0 N–H and O–H groups in total. The van der Waals surface area contributed by atoms with Crippen LogP contribution in [-0.2, 0) is 23.5 Å². The largest absolute Gasteiger partial charge is 0.491 e. The second kappa shape index (κ2) is 12.6. The van der Waals surface area contributed by atoms with Crippen molar-refractivity contribution in [2.45, 2.75) is 115 Å². The summed E-state index contributed by atoms with van der Waals surface area (Å²) in [5, 5.41) is 0. The number of unbranched alkanes of at least 4 members (excludes halogenated alkanes) is 4. The summed E-state index contributed by atoms with van der Waals surface area (Å²) in [6, 6.07) is 8.54. The molecule has 1 fully saturated rings. The van der Waals surface area contributed by atoms with E-state index in [0.717, 1.165) is 25.7 Å². The number of hydrogen-bond donors (Lipinski definition) is 0. The van der Waals surface area contributed by atoms with Crippen molar-refractivity contribution in [1.29, 1.82) is 0 Å². The van der Waals surface area contributed by atoms with Crippen molar-refractivity contribution in [3.8, 4) is 5.75 Å².